The van der Waals surface area contributed by atoms with Crippen molar-refractivity contribution in [3.8, 4) is 17.6 Å². The summed E-state index contributed by atoms with van der Waals surface area (Å²) in [4.78, 5) is 33.8. The maximum absolute atomic E-state index is 11.8. The van der Waals surface area contributed by atoms with E-state index in [0.29, 0.717) is 44.2 Å². The van der Waals surface area contributed by atoms with Gasteiger partial charge in [-0.1, -0.05) is 37.3 Å². The summed E-state index contributed by atoms with van der Waals surface area (Å²) in [5, 5.41) is 18.6. The average molecular weight is 546 g/mol. The van der Waals surface area contributed by atoms with Crippen LogP contribution in [0.5, 0.6) is 5.75 Å². The molecule has 10 nitrogen and oxygen atoms in total. The van der Waals surface area contributed by atoms with Crippen molar-refractivity contribution in [3.05, 3.63) is 51.6 Å². The normalized spacial score (nSPS) is 20.3. The molecule has 1 saturated carbocycles. The molecule has 1 aromatic rings. The molecule has 2 aliphatic rings. The first-order valence-corrected chi connectivity index (χ1v) is 13.2. The Morgan fingerprint density at radius 3 is 2.79 bits per heavy atom. The topological polar surface area (TPSA) is 134 Å². The summed E-state index contributed by atoms with van der Waals surface area (Å²) in [5.74, 6) is 7.58. The first kappa shape index (κ1) is 31.8. The number of methoxy groups -OCH3 is 1. The van der Waals surface area contributed by atoms with Gasteiger partial charge in [0.25, 0.3) is 5.09 Å². The minimum Gasteiger partial charge on any atom is -0.489 e. The zero-order valence-electron chi connectivity index (χ0n) is 22.9. The highest BCUT2D eigenvalue weighted by Gasteiger charge is 2.44. The number of carbonyl (C=O) groups excluding carboxylic acids is 2. The second-order valence-corrected chi connectivity index (χ2v) is 9.50. The Morgan fingerprint density at radius 1 is 1.33 bits per heavy atom. The summed E-state index contributed by atoms with van der Waals surface area (Å²) >= 11 is 0. The van der Waals surface area contributed by atoms with Gasteiger partial charge in [-0.2, -0.15) is 0 Å². The molecule has 1 aromatic carbocycles. The molecule has 1 aliphatic heterocycles. The van der Waals surface area contributed by atoms with Crippen LogP contribution >= 0.6 is 0 Å². The van der Waals surface area contributed by atoms with Crippen molar-refractivity contribution in [2.24, 2.45) is 11.8 Å². The summed E-state index contributed by atoms with van der Waals surface area (Å²) in [5.41, 5.74) is 2.43. The van der Waals surface area contributed by atoms with E-state index in [4.69, 9.17) is 14.2 Å². The molecular formula is C29H39NO9. The van der Waals surface area contributed by atoms with Gasteiger partial charge in [-0.3, -0.25) is 4.79 Å². The van der Waals surface area contributed by atoms with Gasteiger partial charge < -0.3 is 28.9 Å². The Balaban J connectivity index is 0.000000673. The minimum atomic E-state index is -1.02. The van der Waals surface area contributed by atoms with E-state index >= 15 is 0 Å². The number of rotatable bonds is 14. The second kappa shape index (κ2) is 17.2. The van der Waals surface area contributed by atoms with Crippen LogP contribution in [0.15, 0.2) is 30.4 Å². The van der Waals surface area contributed by atoms with E-state index in [1.165, 1.54) is 5.56 Å². The van der Waals surface area contributed by atoms with Gasteiger partial charge in [0.1, 0.15) is 24.7 Å². The van der Waals surface area contributed by atoms with Crippen molar-refractivity contribution in [2.75, 3.05) is 26.9 Å². The van der Waals surface area contributed by atoms with Crippen LogP contribution in [0.2, 0.25) is 0 Å². The van der Waals surface area contributed by atoms with Crippen molar-refractivity contribution in [1.29, 1.82) is 0 Å². The Morgan fingerprint density at radius 2 is 2.13 bits per heavy atom. The van der Waals surface area contributed by atoms with Crippen LogP contribution in [0, 0.1) is 33.8 Å². The quantitative estimate of drug-likeness (QED) is 0.0704. The molecule has 0 bridgehead atoms. The molecule has 0 aromatic heterocycles. The summed E-state index contributed by atoms with van der Waals surface area (Å²) in [6.45, 7) is 4.11. The van der Waals surface area contributed by atoms with Gasteiger partial charge in [-0.05, 0) is 50.0 Å². The third kappa shape index (κ3) is 10.3. The van der Waals surface area contributed by atoms with Crippen LogP contribution in [0.4, 0.5) is 0 Å². The third-order valence-corrected chi connectivity index (χ3v) is 6.77. The molecule has 5 unspecified atom stereocenters. The number of aliphatic hydroxyl groups excluding tert-OH is 1. The lowest BCUT2D eigenvalue weighted by atomic mass is 9.86. The fourth-order valence-electron chi connectivity index (χ4n) is 4.79. The smallest absolute Gasteiger partial charge is 0.305 e. The molecule has 0 radical (unpaired) electrons. The first-order valence-electron chi connectivity index (χ1n) is 13.2. The molecular weight excluding hydrogens is 506 g/mol. The monoisotopic (exact) mass is 545 g/mol. The summed E-state index contributed by atoms with van der Waals surface area (Å²) in [7, 11) is 1.59. The zero-order valence-corrected chi connectivity index (χ0v) is 22.9. The van der Waals surface area contributed by atoms with Crippen molar-refractivity contribution in [3.63, 3.8) is 0 Å². The number of fused-ring (bicyclic) bond motifs is 3. The predicted octanol–water partition coefficient (Wildman–Crippen LogP) is 3.81. The molecule has 214 valence electrons. The number of esters is 1. The summed E-state index contributed by atoms with van der Waals surface area (Å²) < 4.78 is 16.4. The number of aliphatic hydroxyl groups is 1. The van der Waals surface area contributed by atoms with E-state index in [-0.39, 0.29) is 18.0 Å². The van der Waals surface area contributed by atoms with Crippen molar-refractivity contribution >= 4 is 12.3 Å². The molecule has 0 amide bonds. The van der Waals surface area contributed by atoms with Crippen LogP contribution in [-0.2, 0) is 30.3 Å². The highest BCUT2D eigenvalue weighted by atomic mass is 16.9. The molecule has 1 N–H and O–H groups in total. The Bertz CT molecular complexity index is 1030. The zero-order chi connectivity index (χ0) is 28.6. The van der Waals surface area contributed by atoms with Gasteiger partial charge in [0.05, 0.1) is 12.7 Å². The molecule has 5 atom stereocenters. The van der Waals surface area contributed by atoms with E-state index in [2.05, 4.69) is 41.0 Å². The van der Waals surface area contributed by atoms with Gasteiger partial charge in [0.2, 0.25) is 0 Å². The van der Waals surface area contributed by atoms with Gasteiger partial charge in [-0.25, -0.2) is 0 Å². The molecule has 1 heterocycles. The summed E-state index contributed by atoms with van der Waals surface area (Å²) in [6, 6.07) is 6.36. The highest BCUT2D eigenvalue weighted by Crippen LogP contribution is 2.52. The molecule has 0 spiro atoms. The minimum absolute atomic E-state index is 0.121. The number of allylic oxidation sites excluding steroid dienone is 1. The SMILES string of the molecule is CC#CCC(C)C(O)/C=C/C1CCC2Oc3c(CCCC(=O)OCCOC)cccc3C12.O=CCO[N+](=O)[O-]. The molecule has 3 rings (SSSR count). The third-order valence-electron chi connectivity index (χ3n) is 6.77. The van der Waals surface area contributed by atoms with Crippen LogP contribution in [0.25, 0.3) is 0 Å². The van der Waals surface area contributed by atoms with E-state index < -0.39 is 17.8 Å². The Labute approximate surface area is 229 Å². The number of para-hydroxylation sites is 1. The lowest BCUT2D eigenvalue weighted by molar-refractivity contribution is -0.754. The maximum Gasteiger partial charge on any atom is 0.305 e. The number of nitrogens with zero attached hydrogens (tertiary/aromatic N) is 1. The number of hydrogen-bond donors (Lipinski definition) is 1. The lowest BCUT2D eigenvalue weighted by Crippen LogP contribution is -2.17. The number of aldehydes is 1. The molecule has 1 fully saturated rings. The van der Waals surface area contributed by atoms with Gasteiger partial charge in [-0.15, -0.1) is 22.0 Å². The number of benzene rings is 1. The van der Waals surface area contributed by atoms with Crippen LogP contribution in [-0.4, -0.2) is 61.6 Å². The number of carbonyl (C=O) groups is 2. The summed E-state index contributed by atoms with van der Waals surface area (Å²) in [6.07, 6.45) is 8.86. The predicted molar refractivity (Wildman–Crippen MR) is 143 cm³/mol. The standard InChI is InChI=1S/C27H36O5.C2H3NO4/c1-4-5-8-19(2)23(28)15-13-20-14-16-24-26(20)22-11-6-9-21(27(22)32-24)10-7-12-25(29)31-18-17-30-3;4-1-2-7-3(5)6/h6,9,11,13,15,19-20,23-24,26,28H,7-8,10,12,14,16-18H2,1-3H3;1H,2H2/b15-13+;. The number of ether oxygens (including phenoxy) is 3. The van der Waals surface area contributed by atoms with E-state index in [1.807, 2.05) is 19.9 Å². The molecule has 1 aliphatic carbocycles. The second-order valence-electron chi connectivity index (χ2n) is 9.50. The number of hydrogen-bond acceptors (Lipinski definition) is 9. The first-order chi connectivity index (χ1) is 18.8. The molecule has 10 heteroatoms. The fraction of sp³-hybridized carbons (Fsp3) is 0.586. The largest absolute Gasteiger partial charge is 0.489 e. The van der Waals surface area contributed by atoms with Gasteiger partial charge in [0.15, 0.2) is 6.61 Å². The highest BCUT2D eigenvalue weighted by molar-refractivity contribution is 5.69. The lowest BCUT2D eigenvalue weighted by Gasteiger charge is -2.17. The van der Waals surface area contributed by atoms with Crippen molar-refractivity contribution in [1.82, 2.24) is 0 Å². The van der Waals surface area contributed by atoms with Crippen molar-refractivity contribution < 1.29 is 38.8 Å². The Kier molecular flexibility index (Phi) is 14.0. The number of aryl methyl sites for hydroxylation is 1. The van der Waals surface area contributed by atoms with Gasteiger partial charge >= 0.3 is 5.97 Å². The molecule has 39 heavy (non-hydrogen) atoms. The maximum atomic E-state index is 11.8. The van der Waals surface area contributed by atoms with Crippen LogP contribution in [0.1, 0.15) is 63.0 Å². The Hall–Kier alpha value is -3.42. The van der Waals surface area contributed by atoms with Gasteiger partial charge in [0, 0.05) is 31.4 Å². The fourth-order valence-corrected chi connectivity index (χ4v) is 4.79. The van der Waals surface area contributed by atoms with Crippen LogP contribution < -0.4 is 4.74 Å². The van der Waals surface area contributed by atoms with Crippen molar-refractivity contribution in [2.45, 2.75) is 70.5 Å². The van der Waals surface area contributed by atoms with E-state index in [1.54, 1.807) is 7.11 Å². The molecule has 0 saturated heterocycles. The van der Waals surface area contributed by atoms with E-state index in [9.17, 15) is 24.8 Å². The average Bonchev–Trinajstić information content (AvgIpc) is 3.49. The van der Waals surface area contributed by atoms with E-state index in [0.717, 1.165) is 37.0 Å². The van der Waals surface area contributed by atoms with Crippen LogP contribution in [0.3, 0.4) is 0 Å².